The van der Waals surface area contributed by atoms with Crippen LogP contribution < -0.4 is 0 Å². The molecule has 10 heteroatoms. The molecule has 0 saturated carbocycles. The summed E-state index contributed by atoms with van der Waals surface area (Å²) in [4.78, 5) is 29.8. The number of benzene rings is 2. The van der Waals surface area contributed by atoms with Gasteiger partial charge in [-0.05, 0) is 49.4 Å². The van der Waals surface area contributed by atoms with Crippen molar-refractivity contribution >= 4 is 21.8 Å². The molecule has 0 radical (unpaired) electrons. The number of piperidine rings is 1. The summed E-state index contributed by atoms with van der Waals surface area (Å²) in [5.41, 5.74) is 1.74. The van der Waals surface area contributed by atoms with Gasteiger partial charge >= 0.3 is 0 Å². The second-order valence-electron chi connectivity index (χ2n) is 9.48. The summed E-state index contributed by atoms with van der Waals surface area (Å²) in [6, 6.07) is 15.7. The third kappa shape index (κ3) is 8.61. The summed E-state index contributed by atoms with van der Waals surface area (Å²) in [5, 5.41) is 0. The van der Waals surface area contributed by atoms with E-state index in [-0.39, 0.29) is 49.9 Å². The number of carbonyl (C=O) groups excluding carboxylic acids is 2. The Balaban J connectivity index is 1.69. The molecule has 0 unspecified atom stereocenters. The van der Waals surface area contributed by atoms with Crippen molar-refractivity contribution in [3.8, 4) is 0 Å². The molecule has 2 amide bonds. The standard InChI is InChI=1S/C28H38FN3O5S/c1-3-38(35,36)31(18-19-37-2)22-28(34)32(21-24-10-7-11-25(29)20-24)26-14-16-30(17-15-26)27(33)13-12-23-8-5-4-6-9-23/h4-11,20,26H,3,12-19,21-22H2,1-2H3. The van der Waals surface area contributed by atoms with Gasteiger partial charge in [0, 0.05) is 45.8 Å². The smallest absolute Gasteiger partial charge is 0.238 e. The zero-order valence-electron chi connectivity index (χ0n) is 22.2. The number of hydrogen-bond acceptors (Lipinski definition) is 5. The largest absolute Gasteiger partial charge is 0.383 e. The Labute approximate surface area is 225 Å². The van der Waals surface area contributed by atoms with E-state index in [1.807, 2.05) is 35.2 Å². The van der Waals surface area contributed by atoms with Crippen LogP contribution in [0.25, 0.3) is 0 Å². The average molecular weight is 548 g/mol. The fourth-order valence-electron chi connectivity index (χ4n) is 4.67. The number of hydrogen-bond donors (Lipinski definition) is 0. The van der Waals surface area contributed by atoms with E-state index in [9.17, 15) is 22.4 Å². The Bertz CT molecular complexity index is 1150. The van der Waals surface area contributed by atoms with Gasteiger partial charge in [0.2, 0.25) is 21.8 Å². The number of halogens is 1. The lowest BCUT2D eigenvalue weighted by atomic mass is 10.0. The monoisotopic (exact) mass is 547 g/mol. The van der Waals surface area contributed by atoms with E-state index < -0.39 is 15.8 Å². The molecule has 1 aliphatic heterocycles. The van der Waals surface area contributed by atoms with Gasteiger partial charge < -0.3 is 14.5 Å². The summed E-state index contributed by atoms with van der Waals surface area (Å²) >= 11 is 0. The highest BCUT2D eigenvalue weighted by molar-refractivity contribution is 7.89. The van der Waals surface area contributed by atoms with Crippen molar-refractivity contribution in [3.05, 3.63) is 71.5 Å². The predicted octanol–water partition coefficient (Wildman–Crippen LogP) is 3.08. The minimum Gasteiger partial charge on any atom is -0.383 e. The van der Waals surface area contributed by atoms with Gasteiger partial charge in [0.25, 0.3) is 0 Å². The number of likely N-dealkylation sites (tertiary alicyclic amines) is 1. The molecular weight excluding hydrogens is 509 g/mol. The number of methoxy groups -OCH3 is 1. The minimum absolute atomic E-state index is 0.0700. The van der Waals surface area contributed by atoms with Crippen LogP contribution in [0.2, 0.25) is 0 Å². The van der Waals surface area contributed by atoms with E-state index in [0.717, 1.165) is 9.87 Å². The van der Waals surface area contributed by atoms with Crippen LogP contribution in [0.15, 0.2) is 54.6 Å². The van der Waals surface area contributed by atoms with Gasteiger partial charge in [-0.1, -0.05) is 42.5 Å². The number of sulfonamides is 1. The molecule has 2 aromatic carbocycles. The normalized spacial score (nSPS) is 14.6. The molecule has 38 heavy (non-hydrogen) atoms. The Kier molecular flexibility index (Phi) is 11.2. The van der Waals surface area contributed by atoms with Crippen molar-refractivity contribution in [1.29, 1.82) is 0 Å². The highest BCUT2D eigenvalue weighted by Gasteiger charge is 2.32. The van der Waals surface area contributed by atoms with Crippen molar-refractivity contribution in [1.82, 2.24) is 14.1 Å². The average Bonchev–Trinajstić information content (AvgIpc) is 2.93. The third-order valence-corrected chi connectivity index (χ3v) is 8.73. The molecule has 0 aromatic heterocycles. The van der Waals surface area contributed by atoms with Crippen molar-refractivity contribution in [2.75, 3.05) is 45.6 Å². The van der Waals surface area contributed by atoms with Crippen molar-refractivity contribution in [3.63, 3.8) is 0 Å². The zero-order valence-corrected chi connectivity index (χ0v) is 23.0. The van der Waals surface area contributed by atoms with Gasteiger partial charge in [0.15, 0.2) is 0 Å². The van der Waals surface area contributed by atoms with Gasteiger partial charge in [0.05, 0.1) is 18.9 Å². The Hall–Kier alpha value is -2.82. The van der Waals surface area contributed by atoms with E-state index in [1.54, 1.807) is 17.0 Å². The maximum Gasteiger partial charge on any atom is 0.238 e. The van der Waals surface area contributed by atoms with E-state index in [2.05, 4.69) is 0 Å². The number of rotatable bonds is 13. The first-order valence-corrected chi connectivity index (χ1v) is 14.7. The molecular formula is C28H38FN3O5S. The van der Waals surface area contributed by atoms with Crippen LogP contribution in [-0.4, -0.2) is 86.0 Å². The topological polar surface area (TPSA) is 87.2 Å². The fourth-order valence-corrected chi connectivity index (χ4v) is 5.69. The lowest BCUT2D eigenvalue weighted by Crippen LogP contribution is -2.51. The van der Waals surface area contributed by atoms with Crippen molar-refractivity contribution in [2.24, 2.45) is 0 Å². The van der Waals surface area contributed by atoms with Gasteiger partial charge in [-0.3, -0.25) is 9.59 Å². The van der Waals surface area contributed by atoms with Gasteiger partial charge in [-0.2, -0.15) is 4.31 Å². The molecule has 0 atom stereocenters. The highest BCUT2D eigenvalue weighted by atomic mass is 32.2. The molecule has 0 N–H and O–H groups in total. The van der Waals surface area contributed by atoms with Crippen LogP contribution in [0.4, 0.5) is 4.39 Å². The van der Waals surface area contributed by atoms with Crippen LogP contribution >= 0.6 is 0 Å². The number of ether oxygens (including phenoxy) is 1. The molecule has 1 fully saturated rings. The van der Waals surface area contributed by atoms with Crippen molar-refractivity contribution < 1.29 is 27.1 Å². The van der Waals surface area contributed by atoms with Crippen LogP contribution in [0.3, 0.4) is 0 Å². The summed E-state index contributed by atoms with van der Waals surface area (Å²) in [6.07, 6.45) is 2.23. The summed E-state index contributed by atoms with van der Waals surface area (Å²) in [7, 11) is -2.15. The Morgan fingerprint density at radius 3 is 2.37 bits per heavy atom. The second kappa shape index (κ2) is 14.4. The summed E-state index contributed by atoms with van der Waals surface area (Å²) in [5.74, 6) is -0.799. The quantitative estimate of drug-likeness (QED) is 0.385. The molecule has 0 bridgehead atoms. The second-order valence-corrected chi connectivity index (χ2v) is 11.7. The van der Waals surface area contributed by atoms with E-state index in [0.29, 0.717) is 44.3 Å². The first kappa shape index (κ1) is 29.7. The fraction of sp³-hybridized carbons (Fsp3) is 0.500. The maximum atomic E-state index is 13.9. The number of amides is 2. The highest BCUT2D eigenvalue weighted by Crippen LogP contribution is 2.21. The lowest BCUT2D eigenvalue weighted by Gasteiger charge is -2.39. The Morgan fingerprint density at radius 1 is 1.05 bits per heavy atom. The van der Waals surface area contributed by atoms with Gasteiger partial charge in [-0.15, -0.1) is 0 Å². The molecule has 0 aliphatic carbocycles. The molecule has 1 saturated heterocycles. The van der Waals surface area contributed by atoms with Crippen molar-refractivity contribution in [2.45, 2.75) is 45.2 Å². The first-order valence-electron chi connectivity index (χ1n) is 13.1. The molecule has 1 heterocycles. The Morgan fingerprint density at radius 2 is 1.74 bits per heavy atom. The number of aryl methyl sites for hydroxylation is 1. The summed E-state index contributed by atoms with van der Waals surface area (Å²) in [6.45, 7) is 2.63. The van der Waals surface area contributed by atoms with Crippen LogP contribution in [0.5, 0.6) is 0 Å². The zero-order chi connectivity index (χ0) is 27.5. The maximum absolute atomic E-state index is 13.9. The van der Waals surface area contributed by atoms with E-state index in [1.165, 1.54) is 26.2 Å². The van der Waals surface area contributed by atoms with Gasteiger partial charge in [0.1, 0.15) is 5.82 Å². The molecule has 1 aliphatic rings. The van der Waals surface area contributed by atoms with E-state index in [4.69, 9.17) is 4.74 Å². The van der Waals surface area contributed by atoms with Crippen LogP contribution in [-0.2, 0) is 37.3 Å². The first-order chi connectivity index (χ1) is 18.2. The predicted molar refractivity (Wildman–Crippen MR) is 144 cm³/mol. The molecule has 8 nitrogen and oxygen atoms in total. The minimum atomic E-state index is -3.63. The SMILES string of the molecule is CCS(=O)(=O)N(CCOC)CC(=O)N(Cc1cccc(F)c1)C1CCN(C(=O)CCc2ccccc2)CC1. The lowest BCUT2D eigenvalue weighted by molar-refractivity contribution is -0.137. The van der Waals surface area contributed by atoms with Gasteiger partial charge in [-0.25, -0.2) is 12.8 Å². The van der Waals surface area contributed by atoms with E-state index >= 15 is 0 Å². The number of carbonyl (C=O) groups is 2. The summed E-state index contributed by atoms with van der Waals surface area (Å²) < 4.78 is 45.4. The molecule has 2 aromatic rings. The molecule has 208 valence electrons. The number of nitrogens with zero attached hydrogens (tertiary/aromatic N) is 3. The molecule has 3 rings (SSSR count). The third-order valence-electron chi connectivity index (χ3n) is 6.91. The van der Waals surface area contributed by atoms with Crippen LogP contribution in [0.1, 0.15) is 37.3 Å². The molecule has 0 spiro atoms. The van der Waals surface area contributed by atoms with Crippen LogP contribution in [0, 0.1) is 5.82 Å².